The van der Waals surface area contributed by atoms with E-state index in [-0.39, 0.29) is 34.1 Å². The average molecular weight is 1150 g/mol. The quantitative estimate of drug-likeness (QED) is 0.0171. The molecule has 0 heterocycles. The van der Waals surface area contributed by atoms with Gasteiger partial charge in [-0.05, 0) is 143 Å². The molecule has 4 aromatic rings. The van der Waals surface area contributed by atoms with Crippen molar-refractivity contribution in [2.24, 2.45) is 17.8 Å². The summed E-state index contributed by atoms with van der Waals surface area (Å²) in [6, 6.07) is 42.2. The lowest BCUT2D eigenvalue weighted by molar-refractivity contribution is -0.160. The Kier molecular flexibility index (Phi) is 27.9. The lowest BCUT2D eigenvalue weighted by Gasteiger charge is -2.44. The number of benzene rings is 4. The molecule has 0 unspecified atom stereocenters. The van der Waals surface area contributed by atoms with Crippen LogP contribution in [0.4, 0.5) is 0 Å². The van der Waals surface area contributed by atoms with Crippen LogP contribution in [0.5, 0.6) is 0 Å². The SMILES string of the molecule is C/C=C(\C=C(C)C)O[Si](C)(C)C.CO[C@@](C)(C=O)C[C@@H](C)CO[Si](c1ccccc1)(c1ccccc1)C(C)(C)C.CO[C@](C)(C[C@@H](C)CO[Si](c1ccccc1)(c1ccccc1)C(C)(C)C)[C@H](O)[C@@H](C)C(=O)CC(=O)OC(C)(C)C. The van der Waals surface area contributed by atoms with Gasteiger partial charge in [-0.3, -0.25) is 9.59 Å². The van der Waals surface area contributed by atoms with Gasteiger partial charge in [0.05, 0.1) is 17.5 Å². The number of ether oxygens (including phenoxy) is 3. The van der Waals surface area contributed by atoms with Gasteiger partial charge in [0.25, 0.3) is 16.6 Å². The molecule has 0 bridgehead atoms. The maximum atomic E-state index is 12.9. The summed E-state index contributed by atoms with van der Waals surface area (Å²) in [5, 5.41) is 16.0. The molecule has 0 spiro atoms. The van der Waals surface area contributed by atoms with Crippen LogP contribution in [-0.2, 0) is 41.9 Å². The van der Waals surface area contributed by atoms with Gasteiger partial charge in [-0.15, -0.1) is 0 Å². The van der Waals surface area contributed by atoms with Crippen molar-refractivity contribution in [1.82, 2.24) is 0 Å². The number of Topliss-reactive ketones (excluding diaryl/α,β-unsaturated/α-hetero) is 1. The van der Waals surface area contributed by atoms with Crippen molar-refractivity contribution in [1.29, 1.82) is 0 Å². The summed E-state index contributed by atoms with van der Waals surface area (Å²) in [6.07, 6.45) is 4.60. The van der Waals surface area contributed by atoms with Crippen LogP contribution in [0.15, 0.2) is 145 Å². The van der Waals surface area contributed by atoms with Crippen LogP contribution in [0, 0.1) is 17.8 Å². The maximum absolute atomic E-state index is 12.9. The molecule has 0 saturated heterocycles. The first-order valence-corrected chi connectivity index (χ1v) is 35.7. The van der Waals surface area contributed by atoms with Gasteiger partial charge in [-0.2, -0.15) is 0 Å². The molecule has 0 aliphatic rings. The van der Waals surface area contributed by atoms with Gasteiger partial charge < -0.3 is 37.4 Å². The monoisotopic (exact) mass is 1150 g/mol. The number of carbonyl (C=O) groups is 3. The van der Waals surface area contributed by atoms with Crippen LogP contribution in [0.2, 0.25) is 29.7 Å². The molecule has 4 aromatic carbocycles. The Bertz CT molecular complexity index is 2440. The molecule has 0 saturated carbocycles. The summed E-state index contributed by atoms with van der Waals surface area (Å²) in [4.78, 5) is 36.5. The molecule has 10 nitrogen and oxygen atoms in total. The Morgan fingerprint density at radius 1 is 0.588 bits per heavy atom. The highest BCUT2D eigenvalue weighted by Crippen LogP contribution is 2.39. The largest absolute Gasteiger partial charge is 0.545 e. The Hall–Kier alpha value is -4.58. The van der Waals surface area contributed by atoms with Crippen LogP contribution in [0.3, 0.4) is 0 Å². The highest BCUT2D eigenvalue weighted by Gasteiger charge is 2.52. The van der Waals surface area contributed by atoms with Gasteiger partial charge in [0.2, 0.25) is 8.32 Å². The second-order valence-corrected chi connectivity index (χ2v) is 39.3. The fraction of sp³-hybridized carbons (Fsp3) is 0.537. The van der Waals surface area contributed by atoms with Crippen LogP contribution >= 0.6 is 0 Å². The maximum Gasteiger partial charge on any atom is 0.313 e. The minimum absolute atomic E-state index is 0.00871. The van der Waals surface area contributed by atoms with Crippen molar-refractivity contribution in [3.63, 3.8) is 0 Å². The summed E-state index contributed by atoms with van der Waals surface area (Å²) in [5.74, 6) is -0.563. The Labute approximate surface area is 487 Å². The van der Waals surface area contributed by atoms with Crippen LogP contribution < -0.4 is 20.7 Å². The van der Waals surface area contributed by atoms with Gasteiger partial charge in [-0.25, -0.2) is 0 Å². The van der Waals surface area contributed by atoms with Gasteiger partial charge >= 0.3 is 5.97 Å². The number of hydrogen-bond donors (Lipinski definition) is 1. The smallest absolute Gasteiger partial charge is 0.313 e. The summed E-state index contributed by atoms with van der Waals surface area (Å²) in [5.41, 5.74) is -1.19. The lowest BCUT2D eigenvalue weighted by atomic mass is 9.80. The number of hydrogen-bond acceptors (Lipinski definition) is 10. The van der Waals surface area contributed by atoms with E-state index in [4.69, 9.17) is 27.5 Å². The first kappa shape index (κ1) is 71.5. The number of esters is 1. The van der Waals surface area contributed by atoms with Gasteiger partial charge in [0, 0.05) is 33.4 Å². The second kappa shape index (κ2) is 31.2. The van der Waals surface area contributed by atoms with E-state index in [9.17, 15) is 19.5 Å². The fourth-order valence-electron chi connectivity index (χ4n) is 10.3. The molecule has 80 heavy (non-hydrogen) atoms. The molecule has 0 amide bonds. The standard InChI is InChI=1S/C33H50O6Si.C24H34O3Si.C10H20OSi/c1-24(22-33(9,37-10)30(36)25(2)28(34)21-29(35)39-31(3,4)5)23-38-40(32(6,7)8,26-17-13-11-14-18-26)27-19-15-12-16-20-27;1-20(17-24(5,19-25)26-6)18-27-28(23(2,3)4,21-13-9-7-10-14-21)22-15-11-8-12-16-22;1-7-10(8-9(2)3)11-12(4,5)6/h11-20,24-25,30,36H,21-23H2,1-10H3;7-16,19-20H,17-18H2,1-6H3;7-8H,1-6H3/b;;10-7+/t24-,25+,30-,33-;20-,24-;/m11./s1. The van der Waals surface area contributed by atoms with E-state index in [0.717, 1.165) is 12.0 Å². The zero-order valence-electron chi connectivity index (χ0n) is 53.2. The number of carbonyl (C=O) groups excluding carboxylic acids is 3. The molecule has 6 atom stereocenters. The van der Waals surface area contributed by atoms with E-state index in [1.165, 1.54) is 26.3 Å². The van der Waals surface area contributed by atoms with E-state index in [1.807, 2.05) is 51.1 Å². The minimum atomic E-state index is -2.71. The highest BCUT2D eigenvalue weighted by molar-refractivity contribution is 7.00. The second-order valence-electron chi connectivity index (χ2n) is 26.3. The Morgan fingerprint density at radius 3 is 1.23 bits per heavy atom. The van der Waals surface area contributed by atoms with E-state index < -0.39 is 59.7 Å². The van der Waals surface area contributed by atoms with Crippen LogP contribution in [0.25, 0.3) is 0 Å². The number of aliphatic hydroxyl groups excluding tert-OH is 1. The number of aliphatic hydroxyl groups is 1. The van der Waals surface area contributed by atoms with Crippen molar-refractivity contribution >= 4 is 63.7 Å². The molecule has 444 valence electrons. The molecular formula is C67H104O10Si3. The highest BCUT2D eigenvalue weighted by atomic mass is 28.4. The third kappa shape index (κ3) is 21.3. The third-order valence-electron chi connectivity index (χ3n) is 14.2. The molecule has 13 heteroatoms. The number of allylic oxidation sites excluding steroid dienone is 3. The molecule has 0 aromatic heterocycles. The van der Waals surface area contributed by atoms with Crippen molar-refractivity contribution in [2.75, 3.05) is 27.4 Å². The number of ketones is 1. The van der Waals surface area contributed by atoms with Crippen molar-refractivity contribution in [2.45, 2.75) is 190 Å². The van der Waals surface area contributed by atoms with E-state index in [2.05, 4.69) is 192 Å². The fourth-order valence-corrected chi connectivity index (χ4v) is 20.5. The first-order valence-electron chi connectivity index (χ1n) is 28.5. The molecule has 0 radical (unpaired) electrons. The lowest BCUT2D eigenvalue weighted by Crippen LogP contribution is -2.67. The zero-order chi connectivity index (χ0) is 61.0. The van der Waals surface area contributed by atoms with Crippen molar-refractivity contribution in [3.8, 4) is 0 Å². The molecule has 0 fully saturated rings. The Morgan fingerprint density at radius 2 is 0.950 bits per heavy atom. The summed E-state index contributed by atoms with van der Waals surface area (Å²) in [6.45, 7) is 42.1. The molecular weight excluding hydrogens is 1050 g/mol. The predicted octanol–water partition coefficient (Wildman–Crippen LogP) is 13.2. The van der Waals surface area contributed by atoms with Crippen molar-refractivity contribution in [3.05, 3.63) is 145 Å². The molecule has 0 aliphatic carbocycles. The number of rotatable bonds is 25. The third-order valence-corrected chi connectivity index (χ3v) is 25.0. The normalized spacial score (nSPS) is 15.6. The molecule has 4 rings (SSSR count). The molecule has 0 aliphatic heterocycles. The first-order chi connectivity index (χ1) is 37.0. The van der Waals surface area contributed by atoms with E-state index >= 15 is 0 Å². The number of methoxy groups -OCH3 is 2. The molecule has 1 N–H and O–H groups in total. The van der Waals surface area contributed by atoms with Crippen LogP contribution in [-0.4, -0.2) is 98.4 Å². The minimum Gasteiger partial charge on any atom is -0.545 e. The van der Waals surface area contributed by atoms with E-state index in [0.29, 0.717) is 26.1 Å². The van der Waals surface area contributed by atoms with Gasteiger partial charge in [0.1, 0.15) is 23.4 Å². The topological polar surface area (TPSA) is 127 Å². The van der Waals surface area contributed by atoms with Crippen molar-refractivity contribution < 1.29 is 47.0 Å². The Balaban J connectivity index is 0.000000471. The zero-order valence-corrected chi connectivity index (χ0v) is 56.2. The van der Waals surface area contributed by atoms with Crippen LogP contribution in [0.1, 0.15) is 137 Å². The average Bonchev–Trinajstić information content (AvgIpc) is 3.44. The summed E-state index contributed by atoms with van der Waals surface area (Å²) >= 11 is 0. The van der Waals surface area contributed by atoms with Gasteiger partial charge in [0.15, 0.2) is 6.29 Å². The van der Waals surface area contributed by atoms with E-state index in [1.54, 1.807) is 41.9 Å². The summed E-state index contributed by atoms with van der Waals surface area (Å²) in [7, 11) is -3.54. The summed E-state index contributed by atoms with van der Waals surface area (Å²) < 4.78 is 36.4. The predicted molar refractivity (Wildman–Crippen MR) is 340 cm³/mol. The van der Waals surface area contributed by atoms with Gasteiger partial charge in [-0.1, -0.05) is 189 Å². The number of aldehydes is 1.